The summed E-state index contributed by atoms with van der Waals surface area (Å²) in [6.45, 7) is 1.46. The molecule has 0 atom stereocenters. The van der Waals surface area contributed by atoms with Crippen molar-refractivity contribution >= 4 is 28.4 Å². The maximum atomic E-state index is 12.9. The molecular weight excluding hydrogens is 327 g/mol. The van der Waals surface area contributed by atoms with E-state index in [4.69, 9.17) is 0 Å². The molecule has 0 fully saturated rings. The molecule has 0 aliphatic rings. The first kappa shape index (κ1) is 15.4. The van der Waals surface area contributed by atoms with Gasteiger partial charge in [0, 0.05) is 23.3 Å². The molecule has 0 radical (unpaired) electrons. The van der Waals surface area contributed by atoms with Gasteiger partial charge in [-0.2, -0.15) is 13.2 Å². The summed E-state index contributed by atoms with van der Waals surface area (Å²) in [5.41, 5.74) is -0.410. The highest BCUT2D eigenvalue weighted by atomic mass is 32.1. The van der Waals surface area contributed by atoms with Gasteiger partial charge in [-0.15, -0.1) is 11.3 Å². The van der Waals surface area contributed by atoms with Gasteiger partial charge in [0.15, 0.2) is 4.96 Å². The van der Waals surface area contributed by atoms with Crippen LogP contribution < -0.4 is 5.56 Å². The molecule has 0 saturated heterocycles. The van der Waals surface area contributed by atoms with Gasteiger partial charge in [-0.3, -0.25) is 9.78 Å². The van der Waals surface area contributed by atoms with Gasteiger partial charge >= 0.3 is 6.18 Å². The molecule has 3 aromatic rings. The highest BCUT2D eigenvalue weighted by molar-refractivity contribution is 7.15. The number of alkyl halides is 3. The number of thiazole rings is 1. The summed E-state index contributed by atoms with van der Waals surface area (Å²) in [7, 11) is 0. The fraction of sp³-hybridized carbons (Fsp3) is 0.133. The van der Waals surface area contributed by atoms with Crippen LogP contribution in [-0.2, 0) is 6.18 Å². The van der Waals surface area contributed by atoms with Gasteiger partial charge < -0.3 is 0 Å². The number of aromatic nitrogens is 3. The van der Waals surface area contributed by atoms with Crippen molar-refractivity contribution in [2.24, 2.45) is 0 Å². The Morgan fingerprint density at radius 2 is 2.09 bits per heavy atom. The van der Waals surface area contributed by atoms with Crippen LogP contribution in [0.4, 0.5) is 13.2 Å². The minimum atomic E-state index is -4.59. The van der Waals surface area contributed by atoms with Gasteiger partial charge in [0.2, 0.25) is 0 Å². The lowest BCUT2D eigenvalue weighted by Gasteiger charge is -2.07. The first-order chi connectivity index (χ1) is 10.9. The molecule has 0 saturated carbocycles. The zero-order valence-electron chi connectivity index (χ0n) is 11.8. The molecule has 0 aliphatic carbocycles. The van der Waals surface area contributed by atoms with Crippen LogP contribution in [0.25, 0.3) is 17.1 Å². The maximum absolute atomic E-state index is 12.9. The number of fused-ring (bicyclic) bond motifs is 1. The third kappa shape index (κ3) is 2.89. The quantitative estimate of drug-likeness (QED) is 0.717. The van der Waals surface area contributed by atoms with Crippen LogP contribution in [0.5, 0.6) is 0 Å². The fourth-order valence-corrected chi connectivity index (χ4v) is 2.95. The second-order valence-electron chi connectivity index (χ2n) is 4.78. The van der Waals surface area contributed by atoms with E-state index in [1.54, 1.807) is 30.6 Å². The van der Waals surface area contributed by atoms with E-state index in [1.165, 1.54) is 6.92 Å². The van der Waals surface area contributed by atoms with E-state index in [2.05, 4.69) is 9.97 Å². The summed E-state index contributed by atoms with van der Waals surface area (Å²) in [6.07, 6.45) is 1.97. The number of rotatable bonds is 2. The van der Waals surface area contributed by atoms with Gasteiger partial charge in [0.1, 0.15) is 5.69 Å². The summed E-state index contributed by atoms with van der Waals surface area (Å²) < 4.78 is 39.4. The zero-order chi connectivity index (χ0) is 16.6. The third-order valence-electron chi connectivity index (χ3n) is 3.24. The Bertz CT molecular complexity index is 942. The van der Waals surface area contributed by atoms with Crippen molar-refractivity contribution in [1.82, 2.24) is 14.4 Å². The van der Waals surface area contributed by atoms with E-state index in [0.717, 1.165) is 22.3 Å². The van der Waals surface area contributed by atoms with Crippen molar-refractivity contribution in [2.45, 2.75) is 13.1 Å². The summed E-state index contributed by atoms with van der Waals surface area (Å²) in [6, 6.07) is 3.57. The number of hydrogen-bond acceptors (Lipinski definition) is 4. The monoisotopic (exact) mass is 337 g/mol. The smallest absolute Gasteiger partial charge is 0.269 e. The Morgan fingerprint density at radius 1 is 1.30 bits per heavy atom. The number of halogens is 3. The van der Waals surface area contributed by atoms with E-state index in [9.17, 15) is 18.0 Å². The molecule has 0 spiro atoms. The Labute approximate surface area is 132 Å². The van der Waals surface area contributed by atoms with E-state index in [0.29, 0.717) is 10.1 Å². The van der Waals surface area contributed by atoms with Gasteiger partial charge in [-0.1, -0.05) is 12.1 Å². The van der Waals surface area contributed by atoms with Crippen LogP contribution in [-0.4, -0.2) is 14.4 Å². The third-order valence-corrected chi connectivity index (χ3v) is 4.07. The van der Waals surface area contributed by atoms with Crippen LogP contribution in [0.2, 0.25) is 0 Å². The van der Waals surface area contributed by atoms with Crippen molar-refractivity contribution < 1.29 is 13.2 Å². The molecule has 0 bridgehead atoms. The fourth-order valence-electron chi connectivity index (χ4n) is 2.06. The number of hydrogen-bond donors (Lipinski definition) is 0. The van der Waals surface area contributed by atoms with Crippen LogP contribution in [0.15, 0.2) is 34.7 Å². The lowest BCUT2D eigenvalue weighted by atomic mass is 10.2. The summed E-state index contributed by atoms with van der Waals surface area (Å²) in [5, 5.41) is 0.901. The van der Waals surface area contributed by atoms with Crippen LogP contribution >= 0.6 is 11.3 Å². The van der Waals surface area contributed by atoms with Crippen molar-refractivity contribution in [3.05, 3.63) is 62.8 Å². The van der Waals surface area contributed by atoms with Gasteiger partial charge in [0.05, 0.1) is 5.69 Å². The first-order valence-electron chi connectivity index (χ1n) is 6.54. The standard InChI is InChI=1S/C15H10F3N3OS/c1-9-11(5-4-10-3-2-6-19-7-10)20-14-21(13(9)22)12(8-23-14)15(16,17)18/h2-8H,1H3. The summed E-state index contributed by atoms with van der Waals surface area (Å²) in [4.78, 5) is 20.4. The van der Waals surface area contributed by atoms with Gasteiger partial charge in [-0.05, 0) is 24.6 Å². The molecule has 3 aromatic heterocycles. The van der Waals surface area contributed by atoms with Gasteiger partial charge in [0.25, 0.3) is 5.56 Å². The molecule has 0 amide bonds. The first-order valence-corrected chi connectivity index (χ1v) is 7.42. The Balaban J connectivity index is 2.13. The lowest BCUT2D eigenvalue weighted by Crippen LogP contribution is -2.23. The minimum absolute atomic E-state index is 0.0127. The van der Waals surface area contributed by atoms with Crippen molar-refractivity contribution in [3.8, 4) is 0 Å². The predicted octanol–water partition coefficient (Wildman–Crippen LogP) is 3.65. The molecule has 8 heteroatoms. The molecule has 0 unspecified atom stereocenters. The molecule has 0 aliphatic heterocycles. The number of nitrogens with zero attached hydrogens (tertiary/aromatic N) is 3. The topological polar surface area (TPSA) is 47.3 Å². The molecule has 0 aromatic carbocycles. The maximum Gasteiger partial charge on any atom is 0.432 e. The Hall–Kier alpha value is -2.48. The molecule has 4 nitrogen and oxygen atoms in total. The molecule has 0 N–H and O–H groups in total. The SMILES string of the molecule is Cc1c(C=Cc2cccnc2)nc2scc(C(F)(F)F)n2c1=O. The summed E-state index contributed by atoms with van der Waals surface area (Å²) in [5.74, 6) is 0. The molecular formula is C15H10F3N3OS. The van der Waals surface area contributed by atoms with Crippen molar-refractivity contribution in [1.29, 1.82) is 0 Å². The molecule has 118 valence electrons. The largest absolute Gasteiger partial charge is 0.432 e. The van der Waals surface area contributed by atoms with Crippen LogP contribution in [0, 0.1) is 6.92 Å². The number of pyridine rings is 1. The van der Waals surface area contributed by atoms with Crippen LogP contribution in [0.1, 0.15) is 22.5 Å². The minimum Gasteiger partial charge on any atom is -0.269 e. The highest BCUT2D eigenvalue weighted by Gasteiger charge is 2.35. The second-order valence-corrected chi connectivity index (χ2v) is 5.62. The van der Waals surface area contributed by atoms with Crippen molar-refractivity contribution in [3.63, 3.8) is 0 Å². The Morgan fingerprint density at radius 3 is 2.74 bits per heavy atom. The zero-order valence-corrected chi connectivity index (χ0v) is 12.6. The van der Waals surface area contributed by atoms with Crippen molar-refractivity contribution in [2.75, 3.05) is 0 Å². The van der Waals surface area contributed by atoms with E-state index < -0.39 is 17.4 Å². The van der Waals surface area contributed by atoms with E-state index in [1.807, 2.05) is 6.07 Å². The Kier molecular flexibility index (Phi) is 3.77. The predicted molar refractivity (Wildman–Crippen MR) is 82.2 cm³/mol. The summed E-state index contributed by atoms with van der Waals surface area (Å²) >= 11 is 0.785. The van der Waals surface area contributed by atoms with Crippen LogP contribution in [0.3, 0.4) is 0 Å². The lowest BCUT2D eigenvalue weighted by molar-refractivity contribution is -0.141. The molecule has 3 heterocycles. The highest BCUT2D eigenvalue weighted by Crippen LogP contribution is 2.31. The normalized spacial score (nSPS) is 12.3. The molecule has 3 rings (SSSR count). The second kappa shape index (κ2) is 5.62. The van der Waals surface area contributed by atoms with Gasteiger partial charge in [-0.25, -0.2) is 9.38 Å². The molecule has 23 heavy (non-hydrogen) atoms. The average Bonchev–Trinajstić information content (AvgIpc) is 2.94. The van der Waals surface area contributed by atoms with E-state index >= 15 is 0 Å². The average molecular weight is 337 g/mol. The van der Waals surface area contributed by atoms with E-state index in [-0.39, 0.29) is 10.5 Å².